The van der Waals surface area contributed by atoms with E-state index in [1.54, 1.807) is 0 Å². The summed E-state index contributed by atoms with van der Waals surface area (Å²) in [5.74, 6) is 1.50. The van der Waals surface area contributed by atoms with Crippen molar-refractivity contribution >= 4 is 27.5 Å². The molecule has 0 N–H and O–H groups in total. The van der Waals surface area contributed by atoms with Crippen molar-refractivity contribution in [2.45, 2.75) is 18.2 Å². The van der Waals surface area contributed by atoms with E-state index in [9.17, 15) is 0 Å². The second-order valence-electron chi connectivity index (χ2n) is 5.18. The molecular formula is C17H16BrClO2. The van der Waals surface area contributed by atoms with Gasteiger partial charge in [-0.15, -0.1) is 0 Å². The van der Waals surface area contributed by atoms with Gasteiger partial charge in [0.2, 0.25) is 0 Å². The van der Waals surface area contributed by atoms with Crippen LogP contribution in [0, 0.1) is 6.92 Å². The minimum Gasteiger partial charge on any atom is -0.486 e. The van der Waals surface area contributed by atoms with Gasteiger partial charge in [-0.2, -0.15) is 0 Å². The second-order valence-corrected chi connectivity index (χ2v) is 6.69. The molecule has 1 aliphatic heterocycles. The topological polar surface area (TPSA) is 18.5 Å². The maximum Gasteiger partial charge on any atom is 0.162 e. The van der Waals surface area contributed by atoms with E-state index in [-0.39, 0.29) is 4.83 Å². The molecule has 0 saturated heterocycles. The van der Waals surface area contributed by atoms with Crippen LogP contribution in [0.1, 0.15) is 21.5 Å². The molecule has 4 heteroatoms. The highest BCUT2D eigenvalue weighted by molar-refractivity contribution is 9.09. The van der Waals surface area contributed by atoms with Gasteiger partial charge in [-0.25, -0.2) is 0 Å². The van der Waals surface area contributed by atoms with Crippen molar-refractivity contribution in [3.05, 3.63) is 58.1 Å². The molecule has 1 heterocycles. The quantitative estimate of drug-likeness (QED) is 0.703. The number of benzene rings is 2. The van der Waals surface area contributed by atoms with E-state index in [0.29, 0.717) is 18.2 Å². The van der Waals surface area contributed by atoms with Crippen molar-refractivity contribution in [3.8, 4) is 11.5 Å². The highest BCUT2D eigenvalue weighted by Gasteiger charge is 2.19. The van der Waals surface area contributed by atoms with Gasteiger partial charge in [0, 0.05) is 15.9 Å². The Morgan fingerprint density at radius 3 is 2.57 bits per heavy atom. The molecule has 110 valence electrons. The molecule has 0 aromatic heterocycles. The third kappa shape index (κ3) is 3.35. The Kier molecular flexibility index (Phi) is 4.41. The van der Waals surface area contributed by atoms with Crippen LogP contribution in [-0.4, -0.2) is 13.2 Å². The first-order valence-corrected chi connectivity index (χ1v) is 8.21. The van der Waals surface area contributed by atoms with Crippen molar-refractivity contribution in [2.24, 2.45) is 0 Å². The number of halogens is 2. The fourth-order valence-corrected chi connectivity index (χ4v) is 3.65. The van der Waals surface area contributed by atoms with Crippen molar-refractivity contribution in [1.29, 1.82) is 0 Å². The molecule has 1 aliphatic rings. The molecule has 2 nitrogen and oxygen atoms in total. The van der Waals surface area contributed by atoms with Crippen LogP contribution in [0.3, 0.4) is 0 Å². The van der Waals surface area contributed by atoms with E-state index in [0.717, 1.165) is 23.5 Å². The summed E-state index contributed by atoms with van der Waals surface area (Å²) in [5, 5.41) is 0.703. The maximum absolute atomic E-state index is 6.39. The first-order valence-electron chi connectivity index (χ1n) is 6.92. The fraction of sp³-hybridized carbons (Fsp3) is 0.294. The van der Waals surface area contributed by atoms with Crippen LogP contribution in [0.4, 0.5) is 0 Å². The smallest absolute Gasteiger partial charge is 0.162 e. The average molecular weight is 368 g/mol. The molecule has 0 spiro atoms. The first-order chi connectivity index (χ1) is 10.1. The Bertz CT molecular complexity index is 657. The van der Waals surface area contributed by atoms with E-state index in [2.05, 4.69) is 47.1 Å². The third-order valence-corrected chi connectivity index (χ3v) is 4.64. The van der Waals surface area contributed by atoms with Gasteiger partial charge in [0.05, 0.1) is 0 Å². The lowest BCUT2D eigenvalue weighted by Crippen LogP contribution is -2.15. The van der Waals surface area contributed by atoms with Gasteiger partial charge in [0.25, 0.3) is 0 Å². The van der Waals surface area contributed by atoms with E-state index in [1.165, 1.54) is 11.1 Å². The van der Waals surface area contributed by atoms with E-state index >= 15 is 0 Å². The maximum atomic E-state index is 6.39. The Labute approximate surface area is 138 Å². The molecule has 0 bridgehead atoms. The molecule has 0 amide bonds. The minimum absolute atomic E-state index is 0.141. The van der Waals surface area contributed by atoms with Gasteiger partial charge in [-0.3, -0.25) is 0 Å². The Balaban J connectivity index is 1.85. The van der Waals surface area contributed by atoms with Gasteiger partial charge in [0.15, 0.2) is 11.5 Å². The van der Waals surface area contributed by atoms with Crippen LogP contribution in [0.15, 0.2) is 36.4 Å². The Morgan fingerprint density at radius 2 is 1.86 bits per heavy atom. The zero-order valence-corrected chi connectivity index (χ0v) is 14.1. The molecular weight excluding hydrogens is 352 g/mol. The Hall–Kier alpha value is -1.19. The van der Waals surface area contributed by atoms with Crippen LogP contribution < -0.4 is 9.47 Å². The molecule has 3 rings (SSSR count). The Morgan fingerprint density at radius 1 is 1.14 bits per heavy atom. The summed E-state index contributed by atoms with van der Waals surface area (Å²) in [6, 6.07) is 12.3. The molecule has 0 radical (unpaired) electrons. The summed E-state index contributed by atoms with van der Waals surface area (Å²) < 4.78 is 11.2. The minimum atomic E-state index is 0.141. The van der Waals surface area contributed by atoms with Gasteiger partial charge >= 0.3 is 0 Å². The van der Waals surface area contributed by atoms with Crippen LogP contribution in [-0.2, 0) is 6.42 Å². The first kappa shape index (κ1) is 14.7. The van der Waals surface area contributed by atoms with Gasteiger partial charge in [-0.05, 0) is 30.5 Å². The summed E-state index contributed by atoms with van der Waals surface area (Å²) in [6.45, 7) is 3.26. The van der Waals surface area contributed by atoms with Gasteiger partial charge in [0.1, 0.15) is 13.2 Å². The second kappa shape index (κ2) is 6.29. The number of hydrogen-bond acceptors (Lipinski definition) is 2. The molecule has 0 saturated carbocycles. The van der Waals surface area contributed by atoms with E-state index in [4.69, 9.17) is 21.1 Å². The van der Waals surface area contributed by atoms with Crippen molar-refractivity contribution in [1.82, 2.24) is 0 Å². The van der Waals surface area contributed by atoms with Crippen LogP contribution >= 0.6 is 27.5 Å². The third-order valence-electron chi connectivity index (χ3n) is 3.50. The highest BCUT2D eigenvalue weighted by atomic mass is 79.9. The summed E-state index contributed by atoms with van der Waals surface area (Å²) in [4.78, 5) is 0.141. The average Bonchev–Trinajstić information content (AvgIpc) is 2.46. The number of fused-ring (bicyclic) bond motifs is 1. The normalized spacial score (nSPS) is 14.8. The molecule has 1 unspecified atom stereocenters. The SMILES string of the molecule is Cc1cccc(CC(Br)c2cc3c(cc2Cl)OCCO3)c1. The number of aryl methyl sites for hydroxylation is 1. The van der Waals surface area contributed by atoms with Gasteiger partial charge < -0.3 is 9.47 Å². The van der Waals surface area contributed by atoms with Gasteiger partial charge in [-0.1, -0.05) is 57.4 Å². The number of hydrogen-bond donors (Lipinski definition) is 0. The lowest BCUT2D eigenvalue weighted by atomic mass is 10.0. The number of ether oxygens (including phenoxy) is 2. The zero-order chi connectivity index (χ0) is 14.8. The van der Waals surface area contributed by atoms with Crippen LogP contribution in [0.25, 0.3) is 0 Å². The van der Waals surface area contributed by atoms with Crippen molar-refractivity contribution < 1.29 is 9.47 Å². The van der Waals surface area contributed by atoms with Crippen LogP contribution in [0.2, 0.25) is 5.02 Å². The predicted octanol–water partition coefficient (Wildman–Crippen LogP) is 5.10. The molecule has 21 heavy (non-hydrogen) atoms. The molecule has 2 aromatic rings. The summed E-state index contributed by atoms with van der Waals surface area (Å²) in [7, 11) is 0. The highest BCUT2D eigenvalue weighted by Crippen LogP contribution is 2.41. The molecule has 2 aromatic carbocycles. The summed E-state index contributed by atoms with van der Waals surface area (Å²) in [6.07, 6.45) is 0.876. The van der Waals surface area contributed by atoms with Crippen LogP contribution in [0.5, 0.6) is 11.5 Å². The molecule has 0 aliphatic carbocycles. The van der Waals surface area contributed by atoms with Crippen molar-refractivity contribution in [3.63, 3.8) is 0 Å². The standard InChI is InChI=1S/C17H16BrClO2/c1-11-3-2-4-12(7-11)8-14(18)13-9-16-17(10-15(13)19)21-6-5-20-16/h2-4,7,9-10,14H,5-6,8H2,1H3. The predicted molar refractivity (Wildman–Crippen MR) is 89.0 cm³/mol. The lowest BCUT2D eigenvalue weighted by molar-refractivity contribution is 0.171. The van der Waals surface area contributed by atoms with E-state index in [1.807, 2.05) is 12.1 Å². The fourth-order valence-electron chi connectivity index (χ4n) is 2.48. The monoisotopic (exact) mass is 366 g/mol. The summed E-state index contributed by atoms with van der Waals surface area (Å²) >= 11 is 10.1. The molecule has 0 fully saturated rings. The largest absolute Gasteiger partial charge is 0.486 e. The van der Waals surface area contributed by atoms with E-state index < -0.39 is 0 Å². The van der Waals surface area contributed by atoms with Crippen molar-refractivity contribution in [2.75, 3.05) is 13.2 Å². The lowest BCUT2D eigenvalue weighted by Gasteiger charge is -2.21. The molecule has 1 atom stereocenters. The number of alkyl halides is 1. The summed E-state index contributed by atoms with van der Waals surface area (Å²) in [5.41, 5.74) is 3.57. The zero-order valence-electron chi connectivity index (χ0n) is 11.7. The number of rotatable bonds is 3.